The zero-order valence-corrected chi connectivity index (χ0v) is 47.5. The molecule has 2 aromatic carbocycles. The van der Waals surface area contributed by atoms with Gasteiger partial charge in [-0.25, -0.2) is 4.79 Å². The molecule has 0 radical (unpaired) electrons. The normalized spacial score (nSPS) is 16.5. The molecule has 30 heteroatoms. The Balaban J connectivity index is 1.64. The van der Waals surface area contributed by atoms with Crippen LogP contribution in [0.15, 0.2) is 54.6 Å². The number of carbonyl (C=O) groups is 13. The molecule has 0 aromatic heterocycles. The lowest BCUT2D eigenvalue weighted by Gasteiger charge is -2.32. The number of aliphatic hydroxyl groups is 2. The van der Waals surface area contributed by atoms with Gasteiger partial charge in [-0.1, -0.05) is 70.2 Å². The van der Waals surface area contributed by atoms with Crippen LogP contribution < -0.4 is 65.1 Å². The highest BCUT2D eigenvalue weighted by molar-refractivity contribution is 5.99. The van der Waals surface area contributed by atoms with Crippen molar-refractivity contribution >= 4 is 76.9 Å². The van der Waals surface area contributed by atoms with E-state index < -0.39 is 188 Å². The van der Waals surface area contributed by atoms with Crippen LogP contribution in [-0.4, -0.2) is 188 Å². The van der Waals surface area contributed by atoms with Crippen molar-refractivity contribution in [2.75, 3.05) is 19.7 Å². The third-order valence-electron chi connectivity index (χ3n) is 13.4. The van der Waals surface area contributed by atoms with Crippen molar-refractivity contribution in [2.24, 2.45) is 29.0 Å². The SMILES string of the molecule is CC(C)[C@H](NC(=O)[C@H](CC(N)=O)NC(=O)[C@@H](NC(=O)[C@@H]1CCCN1C(=O)[C@@H](NC(=O)[C@@H](N)Cc1ccc(O)cc1)C(C)C)[C@@H](C)O)C(=O)NCC(=O)N[C@@H](CO)C(=O)N[C@@H](CCC(N)=O)C(=O)N[C@@H](C)C(=O)N[C@@H](Cc1ccccc1)C(=O)O. The van der Waals surface area contributed by atoms with E-state index in [0.29, 0.717) is 17.5 Å². The number of nitrogens with two attached hydrogens (primary N) is 3. The number of carbonyl (C=O) groups excluding carboxylic acids is 12. The Morgan fingerprint density at radius 3 is 1.71 bits per heavy atom. The highest BCUT2D eigenvalue weighted by atomic mass is 16.4. The van der Waals surface area contributed by atoms with E-state index in [9.17, 15) is 82.8 Å². The molecule has 1 aliphatic heterocycles. The molecule has 462 valence electrons. The van der Waals surface area contributed by atoms with Crippen LogP contribution in [0, 0.1) is 11.8 Å². The highest BCUT2D eigenvalue weighted by Gasteiger charge is 2.42. The number of amides is 12. The largest absolute Gasteiger partial charge is 0.508 e. The maximum absolute atomic E-state index is 14.0. The fraction of sp³-hybridized carbons (Fsp3) is 0.537. The van der Waals surface area contributed by atoms with Gasteiger partial charge in [-0.05, 0) is 74.6 Å². The summed E-state index contributed by atoms with van der Waals surface area (Å²) in [6.07, 6.45) is -2.92. The Labute approximate surface area is 484 Å². The van der Waals surface area contributed by atoms with Gasteiger partial charge < -0.3 is 90.4 Å². The number of nitrogens with one attached hydrogen (secondary N) is 9. The number of benzene rings is 2. The average molecular weight is 1180 g/mol. The number of hydrogen-bond acceptors (Lipinski definition) is 17. The number of primary amides is 2. The topological polar surface area (TPSA) is 492 Å². The summed E-state index contributed by atoms with van der Waals surface area (Å²) in [5, 5.41) is 61.1. The maximum Gasteiger partial charge on any atom is 0.326 e. The van der Waals surface area contributed by atoms with E-state index >= 15 is 0 Å². The van der Waals surface area contributed by atoms with E-state index in [0.717, 1.165) is 6.92 Å². The van der Waals surface area contributed by atoms with Crippen LogP contribution in [-0.2, 0) is 75.2 Å². The maximum atomic E-state index is 14.0. The molecular weight excluding hydrogens is 1100 g/mol. The standard InChI is InChI=1S/C54H79N13O17/c1-26(2)42(51(80)58-24-41(73)60-37(25-68)49(78)61-34(18-19-39(56)71)47(76)59-28(5)45(74)63-36(54(83)84)22-30-11-8-7-9-12-30)64-48(77)35(23-40(57)72)62-52(81)44(29(6)69)66-50(79)38-13-10-20-67(38)53(82)43(27(3)4)65-46(75)33(55)21-31-14-16-32(70)17-15-31/h7-9,11-12,14-17,26-29,33-38,42-44,68-70H,10,13,18-25,55H2,1-6H3,(H2,56,71)(H2,57,72)(H,58,80)(H,59,76)(H,60,73)(H,61,78)(H,62,81)(H,63,74)(H,64,77)(H,65,75)(H,66,79)(H,83,84)/t28-,29+,33-,34-,35-,36-,37-,38-,42-,43-,44-/m0/s1. The number of likely N-dealkylation sites (tertiary alicyclic amines) is 1. The Morgan fingerprint density at radius 1 is 0.595 bits per heavy atom. The summed E-state index contributed by atoms with van der Waals surface area (Å²) < 4.78 is 0. The van der Waals surface area contributed by atoms with Crippen molar-refractivity contribution < 1.29 is 82.8 Å². The summed E-state index contributed by atoms with van der Waals surface area (Å²) in [4.78, 5) is 172. The molecule has 2 aromatic rings. The number of rotatable bonds is 33. The molecule has 0 aliphatic carbocycles. The molecule has 3 rings (SSSR count). The first-order chi connectivity index (χ1) is 39.4. The van der Waals surface area contributed by atoms with Crippen LogP contribution in [0.2, 0.25) is 0 Å². The van der Waals surface area contributed by atoms with Gasteiger partial charge in [0.2, 0.25) is 70.9 Å². The monoisotopic (exact) mass is 1180 g/mol. The van der Waals surface area contributed by atoms with Gasteiger partial charge in [-0.15, -0.1) is 0 Å². The molecule has 0 saturated carbocycles. The van der Waals surface area contributed by atoms with Gasteiger partial charge in [0.05, 0.1) is 31.7 Å². The first kappa shape index (κ1) is 69.5. The molecule has 1 aliphatic rings. The lowest BCUT2D eigenvalue weighted by molar-refractivity contribution is -0.143. The minimum absolute atomic E-state index is 0.0212. The molecular formula is C54H79N13O17. The van der Waals surface area contributed by atoms with Crippen LogP contribution in [0.25, 0.3) is 0 Å². The van der Waals surface area contributed by atoms with Gasteiger partial charge in [0, 0.05) is 19.4 Å². The summed E-state index contributed by atoms with van der Waals surface area (Å²) >= 11 is 0. The lowest BCUT2D eigenvalue weighted by atomic mass is 10.00. The van der Waals surface area contributed by atoms with Crippen molar-refractivity contribution in [2.45, 2.75) is 153 Å². The van der Waals surface area contributed by atoms with Crippen LogP contribution in [0.4, 0.5) is 0 Å². The number of phenols is 1. The Bertz CT molecular complexity index is 2680. The van der Waals surface area contributed by atoms with Crippen LogP contribution in [0.1, 0.15) is 84.8 Å². The third-order valence-corrected chi connectivity index (χ3v) is 13.4. The molecule has 30 nitrogen and oxygen atoms in total. The Kier molecular flexibility index (Phi) is 27.6. The minimum Gasteiger partial charge on any atom is -0.508 e. The summed E-state index contributed by atoms with van der Waals surface area (Å²) in [7, 11) is 0. The summed E-state index contributed by atoms with van der Waals surface area (Å²) in [5.74, 6) is -14.2. The van der Waals surface area contributed by atoms with E-state index in [-0.39, 0.29) is 31.6 Å². The lowest BCUT2D eigenvalue weighted by Crippen LogP contribution is -2.62. The van der Waals surface area contributed by atoms with Crippen molar-refractivity contribution in [3.8, 4) is 5.75 Å². The second-order valence-electron chi connectivity index (χ2n) is 21.0. The molecule has 19 N–H and O–H groups in total. The van der Waals surface area contributed by atoms with Crippen molar-refractivity contribution in [1.82, 2.24) is 52.8 Å². The highest BCUT2D eigenvalue weighted by Crippen LogP contribution is 2.22. The zero-order chi connectivity index (χ0) is 63.1. The van der Waals surface area contributed by atoms with Gasteiger partial charge in [-0.2, -0.15) is 0 Å². The van der Waals surface area contributed by atoms with Crippen LogP contribution in [0.5, 0.6) is 5.75 Å². The molecule has 0 spiro atoms. The number of aromatic hydroxyl groups is 1. The fourth-order valence-electron chi connectivity index (χ4n) is 8.62. The van der Waals surface area contributed by atoms with Crippen molar-refractivity contribution in [3.05, 3.63) is 65.7 Å². The van der Waals surface area contributed by atoms with Crippen molar-refractivity contribution in [3.63, 3.8) is 0 Å². The smallest absolute Gasteiger partial charge is 0.326 e. The van der Waals surface area contributed by atoms with E-state index in [2.05, 4.69) is 47.9 Å². The van der Waals surface area contributed by atoms with Crippen molar-refractivity contribution in [1.29, 1.82) is 0 Å². The molecule has 0 bridgehead atoms. The molecule has 1 heterocycles. The second kappa shape index (κ2) is 33.4. The summed E-state index contributed by atoms with van der Waals surface area (Å²) in [5.41, 5.74) is 18.1. The predicted octanol–water partition coefficient (Wildman–Crippen LogP) is -5.58. The third kappa shape index (κ3) is 22.2. The van der Waals surface area contributed by atoms with Crippen LogP contribution in [0.3, 0.4) is 0 Å². The second-order valence-corrected chi connectivity index (χ2v) is 21.0. The first-order valence-corrected chi connectivity index (χ1v) is 27.1. The molecule has 0 unspecified atom stereocenters. The number of aliphatic carboxylic acids is 1. The number of carboxylic acids is 1. The van der Waals surface area contributed by atoms with E-state index in [4.69, 9.17) is 17.2 Å². The minimum atomic E-state index is -1.82. The van der Waals surface area contributed by atoms with Crippen LogP contribution >= 0.6 is 0 Å². The van der Waals surface area contributed by atoms with E-state index in [1.54, 1.807) is 56.3 Å². The molecule has 1 fully saturated rings. The molecule has 11 atom stereocenters. The summed E-state index contributed by atoms with van der Waals surface area (Å²) in [6, 6.07) is -0.217. The van der Waals surface area contributed by atoms with Gasteiger partial charge >= 0.3 is 5.97 Å². The first-order valence-electron chi connectivity index (χ1n) is 27.1. The van der Waals surface area contributed by atoms with E-state index in [1.807, 2.05) is 0 Å². The fourth-order valence-corrected chi connectivity index (χ4v) is 8.62. The van der Waals surface area contributed by atoms with Gasteiger partial charge in [0.15, 0.2) is 0 Å². The number of phenolic OH excluding ortho intramolecular Hbond substituents is 1. The predicted molar refractivity (Wildman–Crippen MR) is 297 cm³/mol. The zero-order valence-electron chi connectivity index (χ0n) is 47.5. The van der Waals surface area contributed by atoms with Gasteiger partial charge in [-0.3, -0.25) is 57.5 Å². The quantitative estimate of drug-likeness (QED) is 0.0317. The average Bonchev–Trinajstić information content (AvgIpc) is 3.57. The van der Waals surface area contributed by atoms with Gasteiger partial charge in [0.1, 0.15) is 60.1 Å². The molecule has 12 amide bonds. The molecule has 1 saturated heterocycles. The summed E-state index contributed by atoms with van der Waals surface area (Å²) in [6.45, 7) is 6.82. The molecule has 84 heavy (non-hydrogen) atoms. The number of carboxylic acid groups (broad SMARTS) is 1. The Hall–Kier alpha value is -8.77. The van der Waals surface area contributed by atoms with Gasteiger partial charge in [0.25, 0.3) is 0 Å². The number of nitrogens with zero attached hydrogens (tertiary/aromatic N) is 1. The number of aliphatic hydroxyl groups excluding tert-OH is 2. The number of hydrogen-bond donors (Lipinski definition) is 16. The van der Waals surface area contributed by atoms with E-state index in [1.165, 1.54) is 37.8 Å². The Morgan fingerprint density at radius 2 is 1.15 bits per heavy atom.